The first-order chi connectivity index (χ1) is 12.6. The van der Waals surface area contributed by atoms with Gasteiger partial charge in [0.1, 0.15) is 0 Å². The van der Waals surface area contributed by atoms with Crippen LogP contribution in [0.1, 0.15) is 28.3 Å². The summed E-state index contributed by atoms with van der Waals surface area (Å²) in [5.74, 6) is 0.0653. The number of nitrogens with one attached hydrogen (secondary N) is 1. The first-order valence-corrected chi connectivity index (χ1v) is 9.89. The van der Waals surface area contributed by atoms with Gasteiger partial charge in [-0.15, -0.1) is 11.3 Å². The zero-order valence-corrected chi connectivity index (χ0v) is 16.3. The van der Waals surface area contributed by atoms with E-state index in [-0.39, 0.29) is 11.3 Å². The SMILES string of the molecule is Cc1ncc(CN(C)CC(=O)NCC2(c3ccccc3)CCOCC2)s1. The second kappa shape index (κ2) is 8.75. The number of likely N-dealkylation sites (N-methyl/N-ethyl adjacent to an activating group) is 1. The van der Waals surface area contributed by atoms with Crippen molar-refractivity contribution < 1.29 is 9.53 Å². The number of ether oxygens (including phenoxy) is 1. The van der Waals surface area contributed by atoms with Crippen molar-refractivity contribution in [2.45, 2.75) is 31.7 Å². The number of benzene rings is 1. The van der Waals surface area contributed by atoms with Crippen LogP contribution in [0.15, 0.2) is 36.5 Å². The van der Waals surface area contributed by atoms with Crippen LogP contribution in [0.5, 0.6) is 0 Å². The molecule has 26 heavy (non-hydrogen) atoms. The molecule has 6 heteroatoms. The van der Waals surface area contributed by atoms with Gasteiger partial charge in [-0.2, -0.15) is 0 Å². The number of rotatable bonds is 7. The fraction of sp³-hybridized carbons (Fsp3) is 0.500. The number of hydrogen-bond acceptors (Lipinski definition) is 5. The molecule has 1 aromatic heterocycles. The van der Waals surface area contributed by atoms with E-state index in [0.717, 1.165) is 37.6 Å². The molecule has 3 rings (SSSR count). The summed E-state index contributed by atoms with van der Waals surface area (Å²) in [6.07, 6.45) is 3.77. The number of amides is 1. The Balaban J connectivity index is 1.56. The first kappa shape index (κ1) is 19.0. The topological polar surface area (TPSA) is 54.5 Å². The van der Waals surface area contributed by atoms with E-state index in [1.165, 1.54) is 10.4 Å². The number of carbonyl (C=O) groups is 1. The van der Waals surface area contributed by atoms with E-state index in [1.807, 2.05) is 31.1 Å². The Morgan fingerprint density at radius 2 is 2.04 bits per heavy atom. The van der Waals surface area contributed by atoms with Crippen LogP contribution in [0.2, 0.25) is 0 Å². The summed E-state index contributed by atoms with van der Waals surface area (Å²) in [4.78, 5) is 19.9. The molecule has 0 bridgehead atoms. The summed E-state index contributed by atoms with van der Waals surface area (Å²) in [5, 5.41) is 4.22. The molecule has 0 aliphatic carbocycles. The number of carbonyl (C=O) groups excluding carboxylic acids is 1. The molecule has 1 aliphatic heterocycles. The Kier molecular flexibility index (Phi) is 6.40. The van der Waals surface area contributed by atoms with Crippen molar-refractivity contribution in [2.24, 2.45) is 0 Å². The average Bonchev–Trinajstić information content (AvgIpc) is 3.06. The minimum Gasteiger partial charge on any atom is -0.381 e. The largest absolute Gasteiger partial charge is 0.381 e. The van der Waals surface area contributed by atoms with Crippen LogP contribution < -0.4 is 5.32 Å². The molecular weight excluding hydrogens is 346 g/mol. The van der Waals surface area contributed by atoms with Gasteiger partial charge in [0.15, 0.2) is 0 Å². The number of aromatic nitrogens is 1. The molecule has 0 unspecified atom stereocenters. The second-order valence-corrected chi connectivity index (χ2v) is 8.37. The maximum absolute atomic E-state index is 12.5. The fourth-order valence-electron chi connectivity index (χ4n) is 3.49. The number of nitrogens with zero attached hydrogens (tertiary/aromatic N) is 2. The molecule has 1 amide bonds. The smallest absolute Gasteiger partial charge is 0.234 e. The number of hydrogen-bond donors (Lipinski definition) is 1. The van der Waals surface area contributed by atoms with Crippen molar-refractivity contribution in [1.82, 2.24) is 15.2 Å². The van der Waals surface area contributed by atoms with Gasteiger partial charge in [0.25, 0.3) is 0 Å². The van der Waals surface area contributed by atoms with Crippen molar-refractivity contribution in [3.8, 4) is 0 Å². The van der Waals surface area contributed by atoms with Crippen LogP contribution in [-0.2, 0) is 21.5 Å². The molecule has 1 saturated heterocycles. The third-order valence-electron chi connectivity index (χ3n) is 4.97. The van der Waals surface area contributed by atoms with Gasteiger partial charge >= 0.3 is 0 Å². The normalized spacial score (nSPS) is 16.6. The summed E-state index contributed by atoms with van der Waals surface area (Å²) in [7, 11) is 1.97. The Hall–Kier alpha value is -1.76. The molecular formula is C20H27N3O2S. The third kappa shape index (κ3) is 4.90. The highest BCUT2D eigenvalue weighted by atomic mass is 32.1. The van der Waals surface area contributed by atoms with Crippen molar-refractivity contribution in [2.75, 3.05) is 33.4 Å². The van der Waals surface area contributed by atoms with E-state index < -0.39 is 0 Å². The Bertz CT molecular complexity index is 711. The highest BCUT2D eigenvalue weighted by Crippen LogP contribution is 2.34. The maximum atomic E-state index is 12.5. The van der Waals surface area contributed by atoms with Gasteiger partial charge in [-0.3, -0.25) is 9.69 Å². The lowest BCUT2D eigenvalue weighted by atomic mass is 9.74. The Labute approximate surface area is 159 Å². The van der Waals surface area contributed by atoms with E-state index in [9.17, 15) is 4.79 Å². The molecule has 5 nitrogen and oxygen atoms in total. The average molecular weight is 374 g/mol. The molecule has 2 heterocycles. The molecule has 0 atom stereocenters. The van der Waals surface area contributed by atoms with Gasteiger partial charge < -0.3 is 10.1 Å². The van der Waals surface area contributed by atoms with E-state index >= 15 is 0 Å². The third-order valence-corrected chi connectivity index (χ3v) is 5.87. The van der Waals surface area contributed by atoms with E-state index in [0.29, 0.717) is 13.1 Å². The summed E-state index contributed by atoms with van der Waals surface area (Å²) in [5.41, 5.74) is 1.26. The van der Waals surface area contributed by atoms with E-state index in [2.05, 4.69) is 34.6 Å². The lowest BCUT2D eigenvalue weighted by Crippen LogP contribution is -2.46. The predicted molar refractivity (Wildman–Crippen MR) is 104 cm³/mol. The molecule has 0 saturated carbocycles. The first-order valence-electron chi connectivity index (χ1n) is 9.07. The van der Waals surface area contributed by atoms with Gasteiger partial charge in [0.05, 0.1) is 11.6 Å². The Morgan fingerprint density at radius 3 is 2.69 bits per heavy atom. The molecule has 140 valence electrons. The minimum atomic E-state index is -0.0253. The maximum Gasteiger partial charge on any atom is 0.234 e. The summed E-state index contributed by atoms with van der Waals surface area (Å²) in [6, 6.07) is 10.5. The van der Waals surface area contributed by atoms with Gasteiger partial charge in [-0.1, -0.05) is 30.3 Å². The molecule has 1 aliphatic rings. The van der Waals surface area contributed by atoms with Gasteiger partial charge in [-0.25, -0.2) is 4.98 Å². The van der Waals surface area contributed by atoms with Crippen molar-refractivity contribution in [1.29, 1.82) is 0 Å². The summed E-state index contributed by atoms with van der Waals surface area (Å²) in [6.45, 7) is 5.28. The zero-order valence-electron chi connectivity index (χ0n) is 15.5. The second-order valence-electron chi connectivity index (χ2n) is 7.05. The highest BCUT2D eigenvalue weighted by molar-refractivity contribution is 7.11. The fourth-order valence-corrected chi connectivity index (χ4v) is 4.37. The van der Waals surface area contributed by atoms with Gasteiger partial charge in [0.2, 0.25) is 5.91 Å². The van der Waals surface area contributed by atoms with Crippen LogP contribution in [0.4, 0.5) is 0 Å². The van der Waals surface area contributed by atoms with Crippen molar-refractivity contribution in [3.05, 3.63) is 52.0 Å². The number of aryl methyl sites for hydroxylation is 1. The molecule has 2 aromatic rings. The van der Waals surface area contributed by atoms with E-state index in [4.69, 9.17) is 4.74 Å². The molecule has 1 fully saturated rings. The van der Waals surface area contributed by atoms with Gasteiger partial charge in [0, 0.05) is 42.8 Å². The van der Waals surface area contributed by atoms with Crippen LogP contribution in [0, 0.1) is 6.92 Å². The quantitative estimate of drug-likeness (QED) is 0.811. The molecule has 1 aromatic carbocycles. The predicted octanol–water partition coefficient (Wildman–Crippen LogP) is 2.75. The monoisotopic (exact) mass is 373 g/mol. The van der Waals surface area contributed by atoms with Crippen LogP contribution in [0.25, 0.3) is 0 Å². The Morgan fingerprint density at radius 1 is 1.31 bits per heavy atom. The van der Waals surface area contributed by atoms with Crippen LogP contribution >= 0.6 is 11.3 Å². The van der Waals surface area contributed by atoms with Crippen LogP contribution in [-0.4, -0.2) is 49.1 Å². The van der Waals surface area contributed by atoms with Crippen molar-refractivity contribution >= 4 is 17.2 Å². The standard InChI is InChI=1S/C20H27N3O2S/c1-16-21-12-18(26-16)13-23(2)14-19(24)22-15-20(8-10-25-11-9-20)17-6-4-3-5-7-17/h3-7,12H,8-11,13-15H2,1-2H3,(H,22,24). The van der Waals surface area contributed by atoms with Gasteiger partial charge in [-0.05, 0) is 32.4 Å². The lowest BCUT2D eigenvalue weighted by molar-refractivity contribution is -0.122. The zero-order chi connectivity index (χ0) is 18.4. The summed E-state index contributed by atoms with van der Waals surface area (Å²) >= 11 is 1.68. The molecule has 0 radical (unpaired) electrons. The van der Waals surface area contributed by atoms with E-state index in [1.54, 1.807) is 11.3 Å². The minimum absolute atomic E-state index is 0.0253. The number of thiazole rings is 1. The summed E-state index contributed by atoms with van der Waals surface area (Å²) < 4.78 is 5.56. The lowest BCUT2D eigenvalue weighted by Gasteiger charge is -2.38. The van der Waals surface area contributed by atoms with Crippen molar-refractivity contribution in [3.63, 3.8) is 0 Å². The van der Waals surface area contributed by atoms with Crippen LogP contribution in [0.3, 0.4) is 0 Å². The molecule has 0 spiro atoms. The highest BCUT2D eigenvalue weighted by Gasteiger charge is 2.34. The molecule has 1 N–H and O–H groups in total.